The number of benzene rings is 1. The highest BCUT2D eigenvalue weighted by Crippen LogP contribution is 2.29. The molecular weight excluding hydrogens is 292 g/mol. The van der Waals surface area contributed by atoms with Crippen molar-refractivity contribution in [2.75, 3.05) is 25.1 Å². The molecule has 23 heavy (non-hydrogen) atoms. The number of carbonyl (C=O) groups is 1. The molecule has 2 amide bonds. The Morgan fingerprint density at radius 3 is 2.96 bits per heavy atom. The molecule has 1 atom stereocenters. The van der Waals surface area contributed by atoms with Gasteiger partial charge in [0.2, 0.25) is 0 Å². The number of aliphatic hydroxyl groups is 1. The maximum absolute atomic E-state index is 12.0. The van der Waals surface area contributed by atoms with Crippen molar-refractivity contribution in [2.45, 2.75) is 44.6 Å². The Labute approximate surface area is 137 Å². The first-order valence-electron chi connectivity index (χ1n) is 8.64. The van der Waals surface area contributed by atoms with Gasteiger partial charge in [-0.25, -0.2) is 4.79 Å². The Morgan fingerprint density at radius 1 is 1.30 bits per heavy atom. The van der Waals surface area contributed by atoms with Crippen LogP contribution in [0.25, 0.3) is 0 Å². The Kier molecular flexibility index (Phi) is 5.51. The van der Waals surface area contributed by atoms with Gasteiger partial charge in [0.1, 0.15) is 0 Å². The summed E-state index contributed by atoms with van der Waals surface area (Å²) in [6, 6.07) is 5.79. The van der Waals surface area contributed by atoms with Gasteiger partial charge in [0.25, 0.3) is 0 Å². The SMILES string of the molecule is O=C(NCC(O)COCC1CC1)Nc1cccc2c1CCCC2. The third-order valence-corrected chi connectivity index (χ3v) is 4.50. The lowest BCUT2D eigenvalue weighted by Crippen LogP contribution is -2.37. The lowest BCUT2D eigenvalue weighted by molar-refractivity contribution is 0.0339. The number of aryl methyl sites for hydroxylation is 1. The molecule has 126 valence electrons. The predicted octanol–water partition coefficient (Wildman–Crippen LogP) is 2.47. The number of amides is 2. The molecule has 2 aliphatic rings. The number of nitrogens with one attached hydrogen (secondary N) is 2. The second-order valence-corrected chi connectivity index (χ2v) is 6.62. The molecule has 1 aromatic rings. The fraction of sp³-hybridized carbons (Fsp3) is 0.611. The zero-order chi connectivity index (χ0) is 16.1. The van der Waals surface area contributed by atoms with Gasteiger partial charge in [-0.05, 0) is 61.6 Å². The summed E-state index contributed by atoms with van der Waals surface area (Å²) < 4.78 is 5.42. The molecule has 3 N–H and O–H groups in total. The molecule has 5 nitrogen and oxygen atoms in total. The molecule has 1 unspecified atom stereocenters. The fourth-order valence-electron chi connectivity index (χ4n) is 2.99. The molecule has 2 aliphatic carbocycles. The molecule has 5 heteroatoms. The summed E-state index contributed by atoms with van der Waals surface area (Å²) >= 11 is 0. The molecule has 0 bridgehead atoms. The number of fused-ring (bicyclic) bond motifs is 1. The molecule has 0 radical (unpaired) electrons. The maximum Gasteiger partial charge on any atom is 0.319 e. The van der Waals surface area contributed by atoms with Crippen molar-refractivity contribution >= 4 is 11.7 Å². The number of aliphatic hydroxyl groups excluding tert-OH is 1. The molecule has 3 rings (SSSR count). The first-order valence-corrected chi connectivity index (χ1v) is 8.64. The van der Waals surface area contributed by atoms with Crippen LogP contribution in [0.15, 0.2) is 18.2 Å². The van der Waals surface area contributed by atoms with E-state index in [-0.39, 0.29) is 19.2 Å². The van der Waals surface area contributed by atoms with Crippen LogP contribution in [0.1, 0.15) is 36.8 Å². The molecule has 0 aliphatic heterocycles. The van der Waals surface area contributed by atoms with Gasteiger partial charge in [-0.3, -0.25) is 0 Å². The van der Waals surface area contributed by atoms with E-state index in [0.29, 0.717) is 5.92 Å². The summed E-state index contributed by atoms with van der Waals surface area (Å²) in [4.78, 5) is 12.0. The average Bonchev–Trinajstić information content (AvgIpc) is 3.38. The van der Waals surface area contributed by atoms with Gasteiger partial charge < -0.3 is 20.5 Å². The van der Waals surface area contributed by atoms with Crippen molar-refractivity contribution < 1.29 is 14.6 Å². The van der Waals surface area contributed by atoms with E-state index in [0.717, 1.165) is 25.1 Å². The number of ether oxygens (including phenoxy) is 1. The number of urea groups is 1. The van der Waals surface area contributed by atoms with E-state index >= 15 is 0 Å². The molecule has 1 saturated carbocycles. The molecule has 0 aromatic heterocycles. The summed E-state index contributed by atoms with van der Waals surface area (Å²) in [5.41, 5.74) is 3.48. The zero-order valence-corrected chi connectivity index (χ0v) is 13.5. The first-order chi connectivity index (χ1) is 11.2. The van der Waals surface area contributed by atoms with E-state index in [1.807, 2.05) is 12.1 Å². The molecule has 1 aromatic carbocycles. The molecule has 0 saturated heterocycles. The zero-order valence-electron chi connectivity index (χ0n) is 13.5. The maximum atomic E-state index is 12.0. The molecule has 0 heterocycles. The van der Waals surface area contributed by atoms with Crippen molar-refractivity contribution in [1.82, 2.24) is 5.32 Å². The van der Waals surface area contributed by atoms with Crippen LogP contribution in [0.3, 0.4) is 0 Å². The minimum Gasteiger partial charge on any atom is -0.389 e. The summed E-state index contributed by atoms with van der Waals surface area (Å²) in [5.74, 6) is 0.683. The standard InChI is InChI=1S/C18H26N2O3/c21-15(12-23-11-13-8-9-13)10-19-18(22)20-17-7-3-5-14-4-1-2-6-16(14)17/h3,5,7,13,15,21H,1-2,4,6,8-12H2,(H2,19,20,22). The predicted molar refractivity (Wildman–Crippen MR) is 89.7 cm³/mol. The van der Waals surface area contributed by atoms with E-state index in [4.69, 9.17) is 4.74 Å². The van der Waals surface area contributed by atoms with E-state index in [1.54, 1.807) is 0 Å². The first kappa shape index (κ1) is 16.3. The van der Waals surface area contributed by atoms with Gasteiger partial charge >= 0.3 is 6.03 Å². The second kappa shape index (κ2) is 7.79. The Bertz CT molecular complexity index is 543. The van der Waals surface area contributed by atoms with Crippen molar-refractivity contribution in [1.29, 1.82) is 0 Å². The number of hydrogen-bond acceptors (Lipinski definition) is 3. The van der Waals surface area contributed by atoms with E-state index in [1.165, 1.54) is 36.8 Å². The minimum absolute atomic E-state index is 0.200. The number of anilines is 1. The third-order valence-electron chi connectivity index (χ3n) is 4.50. The van der Waals surface area contributed by atoms with Crippen LogP contribution in [-0.2, 0) is 17.6 Å². The summed E-state index contributed by atoms with van der Waals surface area (Å²) in [6.45, 7) is 1.20. The van der Waals surface area contributed by atoms with Crippen LogP contribution < -0.4 is 10.6 Å². The number of carbonyl (C=O) groups excluding carboxylic acids is 1. The summed E-state index contributed by atoms with van der Waals surface area (Å²) in [5, 5.41) is 15.4. The Balaban J connectivity index is 1.42. The van der Waals surface area contributed by atoms with Crippen LogP contribution >= 0.6 is 0 Å². The largest absolute Gasteiger partial charge is 0.389 e. The van der Waals surface area contributed by atoms with E-state index < -0.39 is 6.10 Å². The second-order valence-electron chi connectivity index (χ2n) is 6.62. The normalized spacial score (nSPS) is 18.1. The lowest BCUT2D eigenvalue weighted by atomic mass is 9.90. The van der Waals surface area contributed by atoms with Gasteiger partial charge in [0.05, 0.1) is 12.7 Å². The molecule has 1 fully saturated rings. The number of rotatable bonds is 7. The van der Waals surface area contributed by atoms with Crippen LogP contribution in [-0.4, -0.2) is 37.0 Å². The van der Waals surface area contributed by atoms with Crippen molar-refractivity contribution in [3.8, 4) is 0 Å². The van der Waals surface area contributed by atoms with Gasteiger partial charge in [0, 0.05) is 18.8 Å². The third kappa shape index (κ3) is 4.94. The highest BCUT2D eigenvalue weighted by Gasteiger charge is 2.21. The van der Waals surface area contributed by atoms with Gasteiger partial charge in [0.15, 0.2) is 0 Å². The average molecular weight is 318 g/mol. The lowest BCUT2D eigenvalue weighted by Gasteiger charge is -2.20. The topological polar surface area (TPSA) is 70.6 Å². The molecular formula is C18H26N2O3. The van der Waals surface area contributed by atoms with Crippen LogP contribution in [0, 0.1) is 5.92 Å². The van der Waals surface area contributed by atoms with Gasteiger partial charge in [-0.1, -0.05) is 12.1 Å². The van der Waals surface area contributed by atoms with Crippen LogP contribution in [0.4, 0.5) is 10.5 Å². The smallest absolute Gasteiger partial charge is 0.319 e. The van der Waals surface area contributed by atoms with E-state index in [9.17, 15) is 9.90 Å². The summed E-state index contributed by atoms with van der Waals surface area (Å²) in [6.07, 6.45) is 6.30. The molecule has 0 spiro atoms. The minimum atomic E-state index is -0.663. The van der Waals surface area contributed by atoms with Crippen molar-refractivity contribution in [3.63, 3.8) is 0 Å². The van der Waals surface area contributed by atoms with Crippen molar-refractivity contribution in [2.24, 2.45) is 5.92 Å². The quantitative estimate of drug-likeness (QED) is 0.723. The van der Waals surface area contributed by atoms with Crippen LogP contribution in [0.5, 0.6) is 0 Å². The Hall–Kier alpha value is -1.59. The van der Waals surface area contributed by atoms with Crippen molar-refractivity contribution in [3.05, 3.63) is 29.3 Å². The van der Waals surface area contributed by atoms with Gasteiger partial charge in [-0.2, -0.15) is 0 Å². The summed E-state index contributed by atoms with van der Waals surface area (Å²) in [7, 11) is 0. The highest BCUT2D eigenvalue weighted by molar-refractivity contribution is 5.90. The van der Waals surface area contributed by atoms with E-state index in [2.05, 4.69) is 16.7 Å². The highest BCUT2D eigenvalue weighted by atomic mass is 16.5. The fourth-order valence-corrected chi connectivity index (χ4v) is 2.99. The van der Waals surface area contributed by atoms with Crippen LogP contribution in [0.2, 0.25) is 0 Å². The monoisotopic (exact) mass is 318 g/mol. The van der Waals surface area contributed by atoms with Gasteiger partial charge in [-0.15, -0.1) is 0 Å². The number of hydrogen-bond donors (Lipinski definition) is 3. The Morgan fingerprint density at radius 2 is 2.13 bits per heavy atom.